The molecule has 7 nitrogen and oxygen atoms in total. The van der Waals surface area contributed by atoms with Gasteiger partial charge in [0.05, 0.1) is 19.0 Å². The highest BCUT2D eigenvalue weighted by Crippen LogP contribution is 2.16. The van der Waals surface area contributed by atoms with Crippen molar-refractivity contribution in [3.63, 3.8) is 0 Å². The molecule has 7 heteroatoms. The summed E-state index contributed by atoms with van der Waals surface area (Å²) in [4.78, 5) is 35.3. The number of amides is 3. The average molecular weight is 293 g/mol. The van der Waals surface area contributed by atoms with Gasteiger partial charge in [0.1, 0.15) is 0 Å². The van der Waals surface area contributed by atoms with Gasteiger partial charge in [0.15, 0.2) is 0 Å². The van der Waals surface area contributed by atoms with Gasteiger partial charge in [-0.25, -0.2) is 4.79 Å². The number of carboxylic acids is 1. The van der Waals surface area contributed by atoms with Gasteiger partial charge < -0.3 is 20.6 Å². The molecule has 0 spiro atoms. The third-order valence-electron chi connectivity index (χ3n) is 2.72. The van der Waals surface area contributed by atoms with Crippen molar-refractivity contribution in [1.82, 2.24) is 15.5 Å². The van der Waals surface area contributed by atoms with Crippen LogP contribution >= 0.6 is 0 Å². The van der Waals surface area contributed by atoms with E-state index in [1.165, 1.54) is 4.90 Å². The van der Waals surface area contributed by atoms with Gasteiger partial charge in [-0.1, -0.05) is 30.3 Å². The maximum absolute atomic E-state index is 11.8. The summed E-state index contributed by atoms with van der Waals surface area (Å²) < 4.78 is 0. The minimum Gasteiger partial charge on any atom is -0.481 e. The molecular weight excluding hydrogens is 274 g/mol. The Morgan fingerprint density at radius 2 is 1.81 bits per heavy atom. The lowest BCUT2D eigenvalue weighted by Crippen LogP contribution is -2.42. The van der Waals surface area contributed by atoms with Gasteiger partial charge >= 0.3 is 12.0 Å². The molecule has 3 amide bonds. The third-order valence-corrected chi connectivity index (χ3v) is 2.72. The van der Waals surface area contributed by atoms with Crippen molar-refractivity contribution in [3.05, 3.63) is 35.9 Å². The fourth-order valence-electron chi connectivity index (χ4n) is 1.67. The van der Waals surface area contributed by atoms with E-state index < -0.39 is 17.9 Å². The Balaban J connectivity index is 2.63. The fraction of sp³-hybridized carbons (Fsp3) is 0.357. The number of nitrogens with one attached hydrogen (secondary N) is 2. The van der Waals surface area contributed by atoms with Crippen molar-refractivity contribution < 1.29 is 19.5 Å². The second-order valence-electron chi connectivity index (χ2n) is 4.68. The lowest BCUT2D eigenvalue weighted by Gasteiger charge is -2.18. The molecule has 1 unspecified atom stereocenters. The Hall–Kier alpha value is -2.57. The van der Waals surface area contributed by atoms with E-state index in [1.807, 2.05) is 0 Å². The van der Waals surface area contributed by atoms with Crippen LogP contribution in [0.4, 0.5) is 4.79 Å². The monoisotopic (exact) mass is 293 g/mol. The Labute approximate surface area is 122 Å². The molecule has 0 saturated carbocycles. The highest BCUT2D eigenvalue weighted by molar-refractivity contribution is 5.84. The number of hydrogen-bond acceptors (Lipinski definition) is 3. The number of hydrogen-bond donors (Lipinski definition) is 3. The predicted molar refractivity (Wildman–Crippen MR) is 76.7 cm³/mol. The lowest BCUT2D eigenvalue weighted by molar-refractivity contribution is -0.137. The molecule has 1 rings (SSSR count). The number of carbonyl (C=O) groups is 3. The van der Waals surface area contributed by atoms with Crippen LogP contribution in [0.3, 0.4) is 0 Å². The zero-order chi connectivity index (χ0) is 15.8. The standard InChI is InChI=1S/C14H19N3O4/c1-17(2)14(21)15-9-12(18)16-11(8-13(19)20)10-6-4-3-5-7-10/h3-7,11H,8-9H2,1-2H3,(H,15,21)(H,16,18)(H,19,20). The molecule has 3 N–H and O–H groups in total. The Kier molecular flexibility index (Phi) is 6.19. The molecule has 0 aromatic heterocycles. The van der Waals surface area contributed by atoms with Crippen LogP contribution in [-0.2, 0) is 9.59 Å². The maximum atomic E-state index is 11.8. The van der Waals surface area contributed by atoms with E-state index in [9.17, 15) is 14.4 Å². The fourth-order valence-corrected chi connectivity index (χ4v) is 1.67. The number of urea groups is 1. The van der Waals surface area contributed by atoms with Gasteiger partial charge in [-0.3, -0.25) is 9.59 Å². The summed E-state index contributed by atoms with van der Waals surface area (Å²) in [6.45, 7) is -0.208. The van der Waals surface area contributed by atoms with Crippen molar-refractivity contribution in [3.8, 4) is 0 Å². The van der Waals surface area contributed by atoms with Crippen LogP contribution in [0.15, 0.2) is 30.3 Å². The summed E-state index contributed by atoms with van der Waals surface area (Å²) in [5.74, 6) is -1.46. The van der Waals surface area contributed by atoms with Gasteiger partial charge in [0.2, 0.25) is 5.91 Å². The first kappa shape index (κ1) is 16.5. The van der Waals surface area contributed by atoms with Gasteiger partial charge in [-0.05, 0) is 5.56 Å². The van der Waals surface area contributed by atoms with E-state index in [0.29, 0.717) is 5.56 Å². The molecule has 0 heterocycles. The first-order valence-electron chi connectivity index (χ1n) is 6.41. The minimum atomic E-state index is -1.01. The first-order valence-corrected chi connectivity index (χ1v) is 6.41. The summed E-state index contributed by atoms with van der Waals surface area (Å²) in [7, 11) is 3.12. The molecule has 21 heavy (non-hydrogen) atoms. The normalized spacial score (nSPS) is 11.3. The molecule has 1 atom stereocenters. The van der Waals surface area contributed by atoms with E-state index >= 15 is 0 Å². The number of carbonyl (C=O) groups excluding carboxylic acids is 2. The van der Waals surface area contributed by atoms with Crippen molar-refractivity contribution in [2.75, 3.05) is 20.6 Å². The quantitative estimate of drug-likeness (QED) is 0.715. The smallest absolute Gasteiger partial charge is 0.317 e. The van der Waals surface area contributed by atoms with E-state index in [1.54, 1.807) is 44.4 Å². The van der Waals surface area contributed by atoms with Crippen LogP contribution in [0, 0.1) is 0 Å². The number of carboxylic acid groups (broad SMARTS) is 1. The van der Waals surface area contributed by atoms with Crippen LogP contribution in [0.5, 0.6) is 0 Å². The molecule has 0 aliphatic heterocycles. The Morgan fingerprint density at radius 1 is 1.19 bits per heavy atom. The summed E-state index contributed by atoms with van der Waals surface area (Å²) in [6.07, 6.45) is -0.225. The van der Waals surface area contributed by atoms with Crippen LogP contribution in [0.25, 0.3) is 0 Å². The zero-order valence-electron chi connectivity index (χ0n) is 12.0. The highest BCUT2D eigenvalue weighted by atomic mass is 16.4. The van der Waals surface area contributed by atoms with Crippen molar-refractivity contribution in [2.45, 2.75) is 12.5 Å². The SMILES string of the molecule is CN(C)C(=O)NCC(=O)NC(CC(=O)O)c1ccccc1. The molecule has 0 bridgehead atoms. The second-order valence-corrected chi connectivity index (χ2v) is 4.68. The Bertz CT molecular complexity index is 502. The molecular formula is C14H19N3O4. The lowest BCUT2D eigenvalue weighted by atomic mass is 10.0. The van der Waals surface area contributed by atoms with Gasteiger partial charge in [0.25, 0.3) is 0 Å². The van der Waals surface area contributed by atoms with E-state index in [-0.39, 0.29) is 19.0 Å². The van der Waals surface area contributed by atoms with Gasteiger partial charge in [0, 0.05) is 14.1 Å². The molecule has 0 fully saturated rings. The number of benzene rings is 1. The topological polar surface area (TPSA) is 98.7 Å². The largest absolute Gasteiger partial charge is 0.481 e. The summed E-state index contributed by atoms with van der Waals surface area (Å²) in [5.41, 5.74) is 0.701. The zero-order valence-corrected chi connectivity index (χ0v) is 12.0. The number of aliphatic carboxylic acids is 1. The number of nitrogens with zero attached hydrogens (tertiary/aromatic N) is 1. The summed E-state index contributed by atoms with van der Waals surface area (Å²) in [6, 6.07) is 7.81. The maximum Gasteiger partial charge on any atom is 0.317 e. The van der Waals surface area contributed by atoms with Gasteiger partial charge in [-0.15, -0.1) is 0 Å². The number of rotatable bonds is 6. The van der Waals surface area contributed by atoms with E-state index in [0.717, 1.165) is 0 Å². The molecule has 1 aromatic carbocycles. The molecule has 114 valence electrons. The predicted octanol–water partition coefficient (Wildman–Crippen LogP) is 0.590. The van der Waals surface area contributed by atoms with Crippen molar-refractivity contribution in [2.24, 2.45) is 0 Å². The van der Waals surface area contributed by atoms with E-state index in [4.69, 9.17) is 5.11 Å². The molecule has 1 aromatic rings. The summed E-state index contributed by atoms with van der Waals surface area (Å²) >= 11 is 0. The van der Waals surface area contributed by atoms with Crippen LogP contribution in [0.1, 0.15) is 18.0 Å². The molecule has 0 saturated heterocycles. The minimum absolute atomic E-state index is 0.208. The summed E-state index contributed by atoms with van der Waals surface area (Å²) in [5, 5.41) is 13.9. The van der Waals surface area contributed by atoms with Gasteiger partial charge in [-0.2, -0.15) is 0 Å². The first-order chi connectivity index (χ1) is 9.90. The Morgan fingerprint density at radius 3 is 2.33 bits per heavy atom. The molecule has 0 aliphatic carbocycles. The molecule has 0 radical (unpaired) electrons. The van der Waals surface area contributed by atoms with E-state index in [2.05, 4.69) is 10.6 Å². The van der Waals surface area contributed by atoms with Crippen molar-refractivity contribution >= 4 is 17.9 Å². The average Bonchev–Trinajstić information content (AvgIpc) is 2.44. The third kappa shape index (κ3) is 5.94. The molecule has 0 aliphatic rings. The highest BCUT2D eigenvalue weighted by Gasteiger charge is 2.18. The van der Waals surface area contributed by atoms with Crippen LogP contribution < -0.4 is 10.6 Å². The second kappa shape index (κ2) is 7.88. The van der Waals surface area contributed by atoms with Crippen LogP contribution in [0.2, 0.25) is 0 Å². The van der Waals surface area contributed by atoms with Crippen molar-refractivity contribution in [1.29, 1.82) is 0 Å². The van der Waals surface area contributed by atoms with Crippen LogP contribution in [-0.4, -0.2) is 48.6 Å².